The van der Waals surface area contributed by atoms with Crippen LogP contribution in [-0.2, 0) is 4.74 Å². The Balaban J connectivity index is 1.83. The molecule has 0 bridgehead atoms. The molecule has 2 rings (SSSR count). The SMILES string of the molecule is COC[C@@H]1CN(C(C)C)CCN1CC1CCN(C(C)C)CC1. The van der Waals surface area contributed by atoms with Crippen molar-refractivity contribution in [2.24, 2.45) is 5.92 Å². The number of rotatable bonds is 6. The number of nitrogens with zero attached hydrogens (tertiary/aromatic N) is 3. The van der Waals surface area contributed by atoms with Gasteiger partial charge in [0.25, 0.3) is 0 Å². The van der Waals surface area contributed by atoms with E-state index in [1.54, 1.807) is 0 Å². The Morgan fingerprint density at radius 2 is 1.55 bits per heavy atom. The fourth-order valence-corrected chi connectivity index (χ4v) is 3.96. The summed E-state index contributed by atoms with van der Waals surface area (Å²) in [6, 6.07) is 1.93. The van der Waals surface area contributed by atoms with Crippen LogP contribution in [0.2, 0.25) is 0 Å². The lowest BCUT2D eigenvalue weighted by atomic mass is 9.94. The summed E-state index contributed by atoms with van der Waals surface area (Å²) >= 11 is 0. The first kappa shape index (κ1) is 18.2. The third-order valence-corrected chi connectivity index (χ3v) is 5.60. The van der Waals surface area contributed by atoms with E-state index in [2.05, 4.69) is 42.4 Å². The molecule has 1 atom stereocenters. The Bertz CT molecular complexity index is 313. The number of ether oxygens (including phenoxy) is 1. The maximum absolute atomic E-state index is 5.50. The Kier molecular flexibility index (Phi) is 7.13. The molecule has 0 amide bonds. The summed E-state index contributed by atoms with van der Waals surface area (Å²) in [7, 11) is 1.84. The summed E-state index contributed by atoms with van der Waals surface area (Å²) in [6.45, 7) is 17.5. The zero-order chi connectivity index (χ0) is 16.1. The molecule has 0 unspecified atom stereocenters. The summed E-state index contributed by atoms with van der Waals surface area (Å²) in [5, 5.41) is 0. The molecule has 0 radical (unpaired) electrons. The van der Waals surface area contributed by atoms with Gasteiger partial charge in [-0.15, -0.1) is 0 Å². The molecule has 0 N–H and O–H groups in total. The van der Waals surface area contributed by atoms with Crippen molar-refractivity contribution < 1.29 is 4.74 Å². The second-order valence-electron chi connectivity index (χ2n) is 7.77. The molecule has 2 fully saturated rings. The molecular formula is C18H37N3O. The second kappa shape index (κ2) is 8.62. The van der Waals surface area contributed by atoms with Crippen molar-refractivity contribution in [1.29, 1.82) is 0 Å². The lowest BCUT2D eigenvalue weighted by Gasteiger charge is -2.45. The van der Waals surface area contributed by atoms with Crippen molar-refractivity contribution in [2.45, 2.75) is 58.7 Å². The average molecular weight is 312 g/mol. The molecule has 0 spiro atoms. The molecule has 2 saturated heterocycles. The van der Waals surface area contributed by atoms with Crippen LogP contribution in [0.1, 0.15) is 40.5 Å². The first-order chi connectivity index (χ1) is 10.5. The predicted octanol–water partition coefficient (Wildman–Crippen LogP) is 2.15. The van der Waals surface area contributed by atoms with Crippen molar-refractivity contribution in [3.63, 3.8) is 0 Å². The van der Waals surface area contributed by atoms with Crippen LogP contribution in [0, 0.1) is 5.92 Å². The third kappa shape index (κ3) is 4.92. The Hall–Kier alpha value is -0.160. The number of likely N-dealkylation sites (tertiary alicyclic amines) is 1. The van der Waals surface area contributed by atoms with Gasteiger partial charge in [0.05, 0.1) is 6.61 Å². The molecular weight excluding hydrogens is 274 g/mol. The standard InChI is InChI=1S/C18H37N3O/c1-15(2)19-8-6-17(7-9-19)12-21-11-10-20(16(3)4)13-18(21)14-22-5/h15-18H,6-14H2,1-5H3/t18-/m0/s1. The normalized spacial score (nSPS) is 27.1. The molecule has 0 aromatic rings. The molecule has 2 aliphatic heterocycles. The van der Waals surface area contributed by atoms with E-state index < -0.39 is 0 Å². The predicted molar refractivity (Wildman–Crippen MR) is 93.4 cm³/mol. The van der Waals surface area contributed by atoms with Gasteiger partial charge in [-0.2, -0.15) is 0 Å². The summed E-state index contributed by atoms with van der Waals surface area (Å²) in [5.41, 5.74) is 0. The van der Waals surface area contributed by atoms with E-state index in [1.807, 2.05) is 7.11 Å². The van der Waals surface area contributed by atoms with Crippen LogP contribution >= 0.6 is 0 Å². The number of hydrogen-bond acceptors (Lipinski definition) is 4. The van der Waals surface area contributed by atoms with Crippen molar-refractivity contribution in [3.8, 4) is 0 Å². The zero-order valence-electron chi connectivity index (χ0n) is 15.4. The molecule has 4 heteroatoms. The maximum Gasteiger partial charge on any atom is 0.0630 e. The van der Waals surface area contributed by atoms with Gasteiger partial charge >= 0.3 is 0 Å². The smallest absolute Gasteiger partial charge is 0.0630 e. The Morgan fingerprint density at radius 1 is 0.909 bits per heavy atom. The monoisotopic (exact) mass is 311 g/mol. The van der Waals surface area contributed by atoms with Crippen molar-refractivity contribution in [2.75, 3.05) is 53.0 Å². The number of piperazine rings is 1. The minimum atomic E-state index is 0.573. The summed E-state index contributed by atoms with van der Waals surface area (Å²) in [5.74, 6) is 0.875. The third-order valence-electron chi connectivity index (χ3n) is 5.60. The quantitative estimate of drug-likeness (QED) is 0.748. The fourth-order valence-electron chi connectivity index (χ4n) is 3.96. The maximum atomic E-state index is 5.50. The largest absolute Gasteiger partial charge is 0.383 e. The first-order valence-electron chi connectivity index (χ1n) is 9.22. The van der Waals surface area contributed by atoms with E-state index in [4.69, 9.17) is 4.74 Å². The van der Waals surface area contributed by atoms with Gasteiger partial charge in [0.15, 0.2) is 0 Å². The van der Waals surface area contributed by atoms with Crippen LogP contribution in [0.25, 0.3) is 0 Å². The topological polar surface area (TPSA) is 19.0 Å². The van der Waals surface area contributed by atoms with Gasteiger partial charge in [0.2, 0.25) is 0 Å². The minimum Gasteiger partial charge on any atom is -0.383 e. The van der Waals surface area contributed by atoms with Gasteiger partial charge in [-0.05, 0) is 59.5 Å². The van der Waals surface area contributed by atoms with Crippen LogP contribution in [0.15, 0.2) is 0 Å². The summed E-state index contributed by atoms with van der Waals surface area (Å²) in [6.07, 6.45) is 2.73. The molecule has 0 aromatic carbocycles. The van der Waals surface area contributed by atoms with Gasteiger partial charge in [-0.3, -0.25) is 9.80 Å². The summed E-state index contributed by atoms with van der Waals surface area (Å²) < 4.78 is 5.50. The highest BCUT2D eigenvalue weighted by molar-refractivity contribution is 4.86. The van der Waals surface area contributed by atoms with Gasteiger partial charge in [0, 0.05) is 51.4 Å². The second-order valence-corrected chi connectivity index (χ2v) is 7.77. The van der Waals surface area contributed by atoms with Crippen molar-refractivity contribution in [1.82, 2.24) is 14.7 Å². The van der Waals surface area contributed by atoms with E-state index in [1.165, 1.54) is 45.6 Å². The van der Waals surface area contributed by atoms with Crippen LogP contribution < -0.4 is 0 Å². The minimum absolute atomic E-state index is 0.573. The van der Waals surface area contributed by atoms with Crippen LogP contribution in [-0.4, -0.2) is 85.8 Å². The molecule has 0 saturated carbocycles. The summed E-state index contributed by atoms with van der Waals surface area (Å²) in [4.78, 5) is 7.93. The van der Waals surface area contributed by atoms with E-state index in [-0.39, 0.29) is 0 Å². The highest BCUT2D eigenvalue weighted by Crippen LogP contribution is 2.22. The number of methoxy groups -OCH3 is 1. The molecule has 22 heavy (non-hydrogen) atoms. The molecule has 4 nitrogen and oxygen atoms in total. The van der Waals surface area contributed by atoms with E-state index in [0.29, 0.717) is 18.1 Å². The Labute approximate surface area is 137 Å². The highest BCUT2D eigenvalue weighted by atomic mass is 16.5. The van der Waals surface area contributed by atoms with Crippen molar-refractivity contribution in [3.05, 3.63) is 0 Å². The molecule has 2 heterocycles. The van der Waals surface area contributed by atoms with Gasteiger partial charge in [-0.1, -0.05) is 0 Å². The van der Waals surface area contributed by atoms with Gasteiger partial charge < -0.3 is 9.64 Å². The van der Waals surface area contributed by atoms with E-state index in [0.717, 1.165) is 19.1 Å². The first-order valence-corrected chi connectivity index (χ1v) is 9.22. The van der Waals surface area contributed by atoms with Crippen LogP contribution in [0.3, 0.4) is 0 Å². The lowest BCUT2D eigenvalue weighted by molar-refractivity contribution is -0.0000153. The van der Waals surface area contributed by atoms with Gasteiger partial charge in [0.1, 0.15) is 0 Å². The van der Waals surface area contributed by atoms with Crippen LogP contribution in [0.5, 0.6) is 0 Å². The molecule has 0 aliphatic carbocycles. The van der Waals surface area contributed by atoms with Gasteiger partial charge in [-0.25, -0.2) is 0 Å². The molecule has 2 aliphatic rings. The number of hydrogen-bond donors (Lipinski definition) is 0. The van der Waals surface area contributed by atoms with Crippen molar-refractivity contribution >= 4 is 0 Å². The average Bonchev–Trinajstić information content (AvgIpc) is 2.49. The van der Waals surface area contributed by atoms with E-state index in [9.17, 15) is 0 Å². The lowest BCUT2D eigenvalue weighted by Crippen LogP contribution is -2.57. The zero-order valence-corrected chi connectivity index (χ0v) is 15.4. The molecule has 0 aromatic heterocycles. The molecule has 130 valence electrons. The van der Waals surface area contributed by atoms with E-state index >= 15 is 0 Å². The fraction of sp³-hybridized carbons (Fsp3) is 1.00. The Morgan fingerprint density at radius 3 is 2.09 bits per heavy atom. The number of piperidine rings is 1. The van der Waals surface area contributed by atoms with Crippen LogP contribution in [0.4, 0.5) is 0 Å². The highest BCUT2D eigenvalue weighted by Gasteiger charge is 2.31.